The zero-order chi connectivity index (χ0) is 10.3. The van der Waals surface area contributed by atoms with Gasteiger partial charge >= 0.3 is 0 Å². The van der Waals surface area contributed by atoms with E-state index in [9.17, 15) is 5.11 Å². The third-order valence-corrected chi connectivity index (χ3v) is 3.31. The Labute approximate surface area is 89.7 Å². The molecular formula is C13H15NO. The Hall–Kier alpha value is -1.44. The molecule has 0 saturated carbocycles. The lowest BCUT2D eigenvalue weighted by Crippen LogP contribution is -2.34. The Kier molecular flexibility index (Phi) is 1.94. The fourth-order valence-electron chi connectivity index (χ4n) is 2.62. The maximum Gasteiger partial charge on any atom is 0.120 e. The van der Waals surface area contributed by atoms with Crippen molar-refractivity contribution in [2.75, 3.05) is 0 Å². The topological polar surface area (TPSA) is 32.3 Å². The SMILES string of the molecule is OC1=CCCC2=C1C1=CC=CCC(C1)N2. The van der Waals surface area contributed by atoms with Crippen molar-refractivity contribution < 1.29 is 5.11 Å². The average Bonchev–Trinajstić information content (AvgIpc) is 2.41. The molecule has 1 heterocycles. The van der Waals surface area contributed by atoms with Crippen molar-refractivity contribution in [2.45, 2.75) is 31.7 Å². The van der Waals surface area contributed by atoms with Crippen LogP contribution in [0.25, 0.3) is 0 Å². The van der Waals surface area contributed by atoms with Gasteiger partial charge in [-0.25, -0.2) is 0 Å². The van der Waals surface area contributed by atoms with E-state index in [4.69, 9.17) is 0 Å². The number of allylic oxidation sites excluding steroid dienone is 5. The lowest BCUT2D eigenvalue weighted by molar-refractivity contribution is 0.404. The molecule has 3 aliphatic rings. The van der Waals surface area contributed by atoms with Gasteiger partial charge in [0.2, 0.25) is 0 Å². The second-order valence-electron chi connectivity index (χ2n) is 4.38. The number of aliphatic hydroxyl groups excluding tert-OH is 1. The molecule has 0 saturated heterocycles. The fourth-order valence-corrected chi connectivity index (χ4v) is 2.62. The van der Waals surface area contributed by atoms with Crippen molar-refractivity contribution in [1.82, 2.24) is 5.32 Å². The number of hydrogen-bond donors (Lipinski definition) is 2. The van der Waals surface area contributed by atoms with Crippen LogP contribution >= 0.6 is 0 Å². The minimum absolute atomic E-state index is 0.462. The molecule has 1 aliphatic heterocycles. The molecule has 3 rings (SSSR count). The highest BCUT2D eigenvalue weighted by atomic mass is 16.3. The lowest BCUT2D eigenvalue weighted by atomic mass is 9.87. The van der Waals surface area contributed by atoms with Gasteiger partial charge in [0, 0.05) is 17.3 Å². The molecule has 0 fully saturated rings. The Morgan fingerprint density at radius 3 is 3.27 bits per heavy atom. The summed E-state index contributed by atoms with van der Waals surface area (Å²) in [5.74, 6) is 0.462. The molecule has 2 aliphatic carbocycles. The van der Waals surface area contributed by atoms with Crippen molar-refractivity contribution in [2.24, 2.45) is 0 Å². The summed E-state index contributed by atoms with van der Waals surface area (Å²) in [6.45, 7) is 0. The standard InChI is InChI=1S/C13H15NO/c15-12-7-3-6-11-13(12)9-4-1-2-5-10(8-9)14-11/h1-2,4,7,10,14-15H,3,5-6,8H2. The maximum atomic E-state index is 9.91. The molecule has 0 radical (unpaired) electrons. The van der Waals surface area contributed by atoms with Crippen LogP contribution < -0.4 is 5.32 Å². The second kappa shape index (κ2) is 3.30. The van der Waals surface area contributed by atoms with E-state index >= 15 is 0 Å². The summed E-state index contributed by atoms with van der Waals surface area (Å²) < 4.78 is 0. The van der Waals surface area contributed by atoms with Crippen LogP contribution in [0.3, 0.4) is 0 Å². The van der Waals surface area contributed by atoms with E-state index in [1.165, 1.54) is 11.3 Å². The minimum Gasteiger partial charge on any atom is -0.508 e. The Morgan fingerprint density at radius 1 is 1.40 bits per heavy atom. The van der Waals surface area contributed by atoms with Crippen LogP contribution in [0.2, 0.25) is 0 Å². The van der Waals surface area contributed by atoms with E-state index in [1.807, 2.05) is 6.08 Å². The molecule has 78 valence electrons. The fraction of sp³-hybridized carbons (Fsp3) is 0.385. The molecule has 1 atom stereocenters. The van der Waals surface area contributed by atoms with Crippen molar-refractivity contribution in [3.63, 3.8) is 0 Å². The first-order valence-corrected chi connectivity index (χ1v) is 5.60. The summed E-state index contributed by atoms with van der Waals surface area (Å²) in [6, 6.07) is 0.527. The van der Waals surface area contributed by atoms with Crippen molar-refractivity contribution in [1.29, 1.82) is 0 Å². The summed E-state index contributed by atoms with van der Waals surface area (Å²) in [5, 5.41) is 13.5. The Morgan fingerprint density at radius 2 is 2.33 bits per heavy atom. The molecule has 2 nitrogen and oxygen atoms in total. The van der Waals surface area contributed by atoms with Gasteiger partial charge in [-0.1, -0.05) is 18.2 Å². The van der Waals surface area contributed by atoms with E-state index in [0.717, 1.165) is 31.3 Å². The molecule has 15 heavy (non-hydrogen) atoms. The highest BCUT2D eigenvalue weighted by Crippen LogP contribution is 2.35. The van der Waals surface area contributed by atoms with Crippen LogP contribution in [0, 0.1) is 0 Å². The normalized spacial score (nSPS) is 28.7. The van der Waals surface area contributed by atoms with Crippen molar-refractivity contribution >= 4 is 0 Å². The van der Waals surface area contributed by atoms with Gasteiger partial charge in [-0.15, -0.1) is 0 Å². The number of fused-ring (bicyclic) bond motifs is 3. The van der Waals surface area contributed by atoms with Crippen LogP contribution in [0.4, 0.5) is 0 Å². The summed E-state index contributed by atoms with van der Waals surface area (Å²) >= 11 is 0. The molecule has 2 N–H and O–H groups in total. The smallest absolute Gasteiger partial charge is 0.120 e. The first-order valence-electron chi connectivity index (χ1n) is 5.60. The molecule has 0 amide bonds. The lowest BCUT2D eigenvalue weighted by Gasteiger charge is -2.32. The zero-order valence-electron chi connectivity index (χ0n) is 8.66. The largest absolute Gasteiger partial charge is 0.508 e. The third-order valence-electron chi connectivity index (χ3n) is 3.31. The van der Waals surface area contributed by atoms with Crippen molar-refractivity contribution in [3.05, 3.63) is 46.9 Å². The van der Waals surface area contributed by atoms with Gasteiger partial charge in [-0.3, -0.25) is 0 Å². The monoisotopic (exact) mass is 201 g/mol. The second-order valence-corrected chi connectivity index (χ2v) is 4.38. The number of aliphatic hydroxyl groups is 1. The minimum atomic E-state index is 0.462. The van der Waals surface area contributed by atoms with Gasteiger partial charge in [0.15, 0.2) is 0 Å². The first-order chi connectivity index (χ1) is 7.34. The average molecular weight is 201 g/mol. The summed E-state index contributed by atoms with van der Waals surface area (Å²) in [5.41, 5.74) is 3.58. The number of hydrogen-bond acceptors (Lipinski definition) is 2. The summed E-state index contributed by atoms with van der Waals surface area (Å²) in [7, 11) is 0. The van der Waals surface area contributed by atoms with Gasteiger partial charge < -0.3 is 10.4 Å². The molecule has 0 aromatic rings. The van der Waals surface area contributed by atoms with Gasteiger partial charge in [-0.2, -0.15) is 0 Å². The Balaban J connectivity index is 2.10. The Bertz CT molecular complexity index is 412. The van der Waals surface area contributed by atoms with Crippen molar-refractivity contribution in [3.8, 4) is 0 Å². The molecule has 2 bridgehead atoms. The molecular weight excluding hydrogens is 186 g/mol. The highest BCUT2D eigenvalue weighted by Gasteiger charge is 2.27. The number of nitrogens with one attached hydrogen (secondary N) is 1. The predicted octanol–water partition coefficient (Wildman–Crippen LogP) is 2.72. The van der Waals surface area contributed by atoms with Gasteiger partial charge in [0.05, 0.1) is 0 Å². The van der Waals surface area contributed by atoms with E-state index in [0.29, 0.717) is 11.8 Å². The highest BCUT2D eigenvalue weighted by molar-refractivity contribution is 5.52. The van der Waals surface area contributed by atoms with Crippen LogP contribution in [0.15, 0.2) is 46.9 Å². The molecule has 0 aromatic heterocycles. The van der Waals surface area contributed by atoms with Gasteiger partial charge in [-0.05, 0) is 37.3 Å². The maximum absolute atomic E-state index is 9.91. The van der Waals surface area contributed by atoms with Crippen LogP contribution in [0.1, 0.15) is 25.7 Å². The van der Waals surface area contributed by atoms with Gasteiger partial charge in [0.25, 0.3) is 0 Å². The van der Waals surface area contributed by atoms with Crippen LogP contribution in [0.5, 0.6) is 0 Å². The van der Waals surface area contributed by atoms with E-state index in [-0.39, 0.29) is 0 Å². The quantitative estimate of drug-likeness (QED) is 0.631. The molecule has 0 aromatic carbocycles. The third kappa shape index (κ3) is 1.41. The predicted molar refractivity (Wildman–Crippen MR) is 60.4 cm³/mol. The van der Waals surface area contributed by atoms with Crippen LogP contribution in [-0.4, -0.2) is 11.1 Å². The zero-order valence-corrected chi connectivity index (χ0v) is 8.66. The summed E-state index contributed by atoms with van der Waals surface area (Å²) in [4.78, 5) is 0. The number of rotatable bonds is 0. The first kappa shape index (κ1) is 8.84. The van der Waals surface area contributed by atoms with E-state index < -0.39 is 0 Å². The van der Waals surface area contributed by atoms with Gasteiger partial charge in [0.1, 0.15) is 5.76 Å². The van der Waals surface area contributed by atoms with E-state index in [2.05, 4.69) is 23.5 Å². The van der Waals surface area contributed by atoms with Crippen LogP contribution in [-0.2, 0) is 0 Å². The summed E-state index contributed by atoms with van der Waals surface area (Å²) in [6.07, 6.45) is 12.5. The van der Waals surface area contributed by atoms with E-state index in [1.54, 1.807) is 0 Å². The molecule has 0 spiro atoms. The molecule has 2 heteroatoms. The molecule has 1 unspecified atom stereocenters.